The number of aliphatic carboxylic acids is 2. The van der Waals surface area contributed by atoms with E-state index in [4.69, 9.17) is 29.8 Å². The number of carbonyl (C=O) groups is 2. The van der Waals surface area contributed by atoms with Gasteiger partial charge in [0.2, 0.25) is 0 Å². The minimum Gasteiger partial charge on any atom is -0.550 e. The number of carboxylic acid groups (broad SMARTS) is 2. The summed E-state index contributed by atoms with van der Waals surface area (Å²) in [6, 6.07) is 8.66. The first-order chi connectivity index (χ1) is 20.5. The van der Waals surface area contributed by atoms with Gasteiger partial charge in [-0.3, -0.25) is 9.98 Å². The van der Waals surface area contributed by atoms with Crippen LogP contribution in [0.5, 0.6) is 11.5 Å². The van der Waals surface area contributed by atoms with Gasteiger partial charge in [-0.25, -0.2) is 0 Å². The van der Waals surface area contributed by atoms with Gasteiger partial charge < -0.3 is 30.0 Å². The molecule has 0 bridgehead atoms. The van der Waals surface area contributed by atoms with Crippen molar-refractivity contribution in [1.82, 2.24) is 0 Å². The van der Waals surface area contributed by atoms with Crippen molar-refractivity contribution in [2.75, 3.05) is 0 Å². The van der Waals surface area contributed by atoms with Gasteiger partial charge in [0.25, 0.3) is 0 Å². The third-order valence-corrected chi connectivity index (χ3v) is 7.21. The van der Waals surface area contributed by atoms with E-state index >= 15 is 0 Å². The molecule has 0 amide bonds. The van der Waals surface area contributed by atoms with Crippen LogP contribution in [0.3, 0.4) is 0 Å². The third-order valence-electron chi connectivity index (χ3n) is 7.21. The van der Waals surface area contributed by atoms with Crippen LogP contribution in [-0.2, 0) is 52.1 Å². The van der Waals surface area contributed by atoms with E-state index in [1.165, 1.54) is 11.1 Å². The van der Waals surface area contributed by atoms with Crippen LogP contribution < -0.4 is 10.2 Å². The SMILES string of the molecule is CC(=O)[O-].CC(=O)[O-].CCCCc1cc(C=NC2CCCC2N=Cc2cc(CCCC)cc(CC)c2O)c(O)c(CC)c1.[Co+2]. The Kier molecular flexibility index (Phi) is 20.7. The number of aryl methyl sites for hydroxylation is 4. The van der Waals surface area contributed by atoms with E-state index in [2.05, 4.69) is 52.0 Å². The zero-order valence-corrected chi connectivity index (χ0v) is 28.2. The Morgan fingerprint density at radius 3 is 1.39 bits per heavy atom. The number of aromatic hydroxyl groups is 2. The Morgan fingerprint density at radius 1 is 0.750 bits per heavy atom. The molecule has 1 fully saturated rings. The van der Waals surface area contributed by atoms with E-state index in [-0.39, 0.29) is 28.9 Å². The molecule has 0 spiro atoms. The Balaban J connectivity index is 0.00000183. The molecule has 44 heavy (non-hydrogen) atoms. The van der Waals surface area contributed by atoms with Crippen molar-refractivity contribution in [3.05, 3.63) is 57.6 Å². The molecule has 2 aromatic carbocycles. The van der Waals surface area contributed by atoms with Crippen LogP contribution in [0.4, 0.5) is 0 Å². The molecule has 1 aliphatic rings. The molecule has 2 unspecified atom stereocenters. The first-order valence-corrected chi connectivity index (χ1v) is 15.6. The van der Waals surface area contributed by atoms with E-state index in [9.17, 15) is 10.2 Å². The molecule has 8 nitrogen and oxygen atoms in total. The van der Waals surface area contributed by atoms with Crippen molar-refractivity contribution in [3.63, 3.8) is 0 Å². The molecule has 3 rings (SSSR count). The summed E-state index contributed by atoms with van der Waals surface area (Å²) in [6.07, 6.45) is 15.1. The summed E-state index contributed by atoms with van der Waals surface area (Å²) in [5.74, 6) is -1.45. The number of hydrogen-bond donors (Lipinski definition) is 2. The molecule has 1 aliphatic carbocycles. The zero-order chi connectivity index (χ0) is 32.4. The van der Waals surface area contributed by atoms with Crippen molar-refractivity contribution in [3.8, 4) is 11.5 Å². The van der Waals surface area contributed by atoms with Crippen LogP contribution in [0.25, 0.3) is 0 Å². The van der Waals surface area contributed by atoms with Gasteiger partial charge in [0.15, 0.2) is 0 Å². The Labute approximate surface area is 273 Å². The maximum absolute atomic E-state index is 10.7. The number of phenols is 2. The van der Waals surface area contributed by atoms with E-state index in [0.717, 1.165) is 107 Å². The number of carbonyl (C=O) groups excluding carboxylic acids is 2. The fraction of sp³-hybridized carbons (Fsp3) is 0.543. The first kappa shape index (κ1) is 40.8. The Bertz CT molecular complexity index is 1130. The molecule has 1 radical (unpaired) electrons. The number of carboxylic acids is 2. The molecule has 2 aromatic rings. The smallest absolute Gasteiger partial charge is 0.550 e. The van der Waals surface area contributed by atoms with Gasteiger partial charge in [0.1, 0.15) is 11.5 Å². The van der Waals surface area contributed by atoms with Crippen LogP contribution in [0.2, 0.25) is 0 Å². The summed E-state index contributed by atoms with van der Waals surface area (Å²) in [7, 11) is 0. The van der Waals surface area contributed by atoms with Gasteiger partial charge in [-0.05, 0) is 106 Å². The van der Waals surface area contributed by atoms with Crippen LogP contribution in [0, 0.1) is 0 Å². The molecule has 2 atom stereocenters. The first-order valence-electron chi connectivity index (χ1n) is 15.6. The van der Waals surface area contributed by atoms with Gasteiger partial charge in [0.05, 0.1) is 12.1 Å². The standard InChI is InChI=1S/C31H44N2O2.2C2H4O2.Co/c1-5-9-12-22-16-24(7-3)30(34)26(18-22)20-32-28-14-11-15-29(28)33-21-27-19-23(13-10-6-2)17-25(8-4)31(27)35;2*1-2(3)4;/h16-21,28-29,34-35H,5-15H2,1-4H3;2*1H3,(H,3,4);/q;;;+2/p-2. The van der Waals surface area contributed by atoms with Gasteiger partial charge in [-0.1, -0.05) is 52.7 Å². The van der Waals surface area contributed by atoms with Crippen molar-refractivity contribution in [1.29, 1.82) is 0 Å². The maximum atomic E-state index is 10.7. The second-order valence-corrected chi connectivity index (χ2v) is 10.9. The van der Waals surface area contributed by atoms with Crippen LogP contribution in [0.15, 0.2) is 34.3 Å². The van der Waals surface area contributed by atoms with E-state index in [0.29, 0.717) is 11.5 Å². The molecular weight excluding hydrogens is 603 g/mol. The maximum Gasteiger partial charge on any atom is 2.00 e. The molecule has 1 saturated carbocycles. The summed E-state index contributed by atoms with van der Waals surface area (Å²) in [5, 5.41) is 39.3. The molecule has 0 aromatic heterocycles. The summed E-state index contributed by atoms with van der Waals surface area (Å²) < 4.78 is 0. The van der Waals surface area contributed by atoms with Crippen LogP contribution in [-0.4, -0.2) is 46.7 Å². The number of nitrogens with zero attached hydrogens (tertiary/aromatic N) is 2. The van der Waals surface area contributed by atoms with Crippen LogP contribution in [0.1, 0.15) is 120 Å². The van der Waals surface area contributed by atoms with Crippen molar-refractivity contribution < 1.29 is 46.8 Å². The minimum absolute atomic E-state index is 0. The zero-order valence-electron chi connectivity index (χ0n) is 27.2. The van der Waals surface area contributed by atoms with Crippen molar-refractivity contribution in [2.45, 2.75) is 124 Å². The molecule has 245 valence electrons. The quantitative estimate of drug-likeness (QED) is 0.313. The fourth-order valence-electron chi connectivity index (χ4n) is 4.98. The molecule has 9 heteroatoms. The summed E-state index contributed by atoms with van der Waals surface area (Å²) in [5.41, 5.74) is 6.17. The molecular formula is C35H50CoN2O6. The second-order valence-electron chi connectivity index (χ2n) is 10.9. The largest absolute Gasteiger partial charge is 2.00 e. The van der Waals surface area contributed by atoms with E-state index in [1.54, 1.807) is 0 Å². The van der Waals surface area contributed by atoms with Gasteiger partial charge in [-0.15, -0.1) is 0 Å². The molecule has 0 aliphatic heterocycles. The van der Waals surface area contributed by atoms with Crippen LogP contribution >= 0.6 is 0 Å². The second kappa shape index (κ2) is 22.4. The number of aliphatic imine (C=N–C) groups is 2. The Morgan fingerprint density at radius 2 is 1.09 bits per heavy atom. The number of phenolic OH excluding ortho intramolecular Hbond substituents is 2. The van der Waals surface area contributed by atoms with Crippen molar-refractivity contribution >= 4 is 24.4 Å². The van der Waals surface area contributed by atoms with Crippen molar-refractivity contribution in [2.24, 2.45) is 9.98 Å². The van der Waals surface area contributed by atoms with Gasteiger partial charge in [0, 0.05) is 35.5 Å². The van der Waals surface area contributed by atoms with Gasteiger partial charge >= 0.3 is 16.8 Å². The average Bonchev–Trinajstić information content (AvgIpc) is 3.41. The number of rotatable bonds is 12. The number of hydrogen-bond acceptors (Lipinski definition) is 8. The average molecular weight is 654 g/mol. The Hall–Kier alpha value is -3.17. The summed E-state index contributed by atoms with van der Waals surface area (Å²) >= 11 is 0. The predicted molar refractivity (Wildman–Crippen MR) is 170 cm³/mol. The van der Waals surface area contributed by atoms with E-state index < -0.39 is 11.9 Å². The molecule has 2 N–H and O–H groups in total. The molecule has 0 heterocycles. The molecule has 0 saturated heterocycles. The minimum atomic E-state index is -1.08. The summed E-state index contributed by atoms with van der Waals surface area (Å²) in [4.78, 5) is 27.6. The fourth-order valence-corrected chi connectivity index (χ4v) is 4.98. The topological polar surface area (TPSA) is 145 Å². The van der Waals surface area contributed by atoms with Gasteiger partial charge in [-0.2, -0.15) is 0 Å². The predicted octanol–water partition coefficient (Wildman–Crippen LogP) is 4.88. The van der Waals surface area contributed by atoms with E-state index in [1.807, 2.05) is 12.4 Å². The third kappa shape index (κ3) is 15.0. The number of benzene rings is 2. The normalized spacial score (nSPS) is 15.7. The number of unbranched alkanes of at least 4 members (excludes halogenated alkanes) is 2. The monoisotopic (exact) mass is 653 g/mol. The summed E-state index contributed by atoms with van der Waals surface area (Å²) in [6.45, 7) is 10.5.